The highest BCUT2D eigenvalue weighted by molar-refractivity contribution is 6.02. The third-order valence-electron chi connectivity index (χ3n) is 2.85. The number of rotatable bonds is 6. The van der Waals surface area contributed by atoms with Gasteiger partial charge in [-0.3, -0.25) is 0 Å². The summed E-state index contributed by atoms with van der Waals surface area (Å²) in [5.41, 5.74) is 2.26. The normalized spacial score (nSPS) is 11.8. The number of phenolic OH excluding ortho intramolecular Hbond substituents is 1. The zero-order chi connectivity index (χ0) is 12.7. The number of hydrogen-bond donors (Lipinski definition) is 2. The number of aryl methyl sites for hydroxylation is 1. The van der Waals surface area contributed by atoms with E-state index >= 15 is 0 Å². The van der Waals surface area contributed by atoms with Crippen molar-refractivity contribution in [3.8, 4) is 5.75 Å². The summed E-state index contributed by atoms with van der Waals surface area (Å²) in [6.07, 6.45) is 5.19. The summed E-state index contributed by atoms with van der Waals surface area (Å²) >= 11 is 0. The van der Waals surface area contributed by atoms with E-state index in [1.165, 1.54) is 12.8 Å². The van der Waals surface area contributed by atoms with Crippen molar-refractivity contribution in [2.45, 2.75) is 46.0 Å². The maximum Gasteiger partial charge on any atom is 0.124 e. The van der Waals surface area contributed by atoms with Crippen LogP contribution in [-0.4, -0.2) is 16.0 Å². The molecule has 0 unspecified atom stereocenters. The van der Waals surface area contributed by atoms with Gasteiger partial charge in [0, 0.05) is 5.56 Å². The molecule has 0 aromatic heterocycles. The Morgan fingerprint density at radius 3 is 2.65 bits per heavy atom. The molecule has 0 bridgehead atoms. The molecule has 0 aliphatic rings. The molecule has 0 amide bonds. The van der Waals surface area contributed by atoms with Crippen molar-refractivity contribution in [1.82, 2.24) is 0 Å². The van der Waals surface area contributed by atoms with E-state index in [1.54, 1.807) is 6.07 Å². The van der Waals surface area contributed by atoms with Gasteiger partial charge in [-0.05, 0) is 31.9 Å². The molecule has 1 rings (SSSR count). The fourth-order valence-corrected chi connectivity index (χ4v) is 1.84. The molecule has 1 aromatic carbocycles. The second-order valence-corrected chi connectivity index (χ2v) is 4.38. The topological polar surface area (TPSA) is 52.8 Å². The lowest BCUT2D eigenvalue weighted by Crippen LogP contribution is -2.02. The Kier molecular flexibility index (Phi) is 5.53. The van der Waals surface area contributed by atoms with Gasteiger partial charge in [-0.15, -0.1) is 0 Å². The van der Waals surface area contributed by atoms with E-state index in [-0.39, 0.29) is 5.75 Å². The zero-order valence-electron chi connectivity index (χ0n) is 10.6. The summed E-state index contributed by atoms with van der Waals surface area (Å²) in [7, 11) is 0. The van der Waals surface area contributed by atoms with Crippen molar-refractivity contribution in [2.75, 3.05) is 0 Å². The summed E-state index contributed by atoms with van der Waals surface area (Å²) in [4.78, 5) is 0. The van der Waals surface area contributed by atoms with Crippen molar-refractivity contribution < 1.29 is 10.3 Å². The van der Waals surface area contributed by atoms with Crippen LogP contribution in [0.1, 0.15) is 50.2 Å². The van der Waals surface area contributed by atoms with Crippen LogP contribution >= 0.6 is 0 Å². The molecule has 3 nitrogen and oxygen atoms in total. The molecule has 0 saturated carbocycles. The average molecular weight is 235 g/mol. The number of benzene rings is 1. The van der Waals surface area contributed by atoms with E-state index in [0.29, 0.717) is 17.7 Å². The van der Waals surface area contributed by atoms with Gasteiger partial charge < -0.3 is 10.3 Å². The second-order valence-electron chi connectivity index (χ2n) is 4.38. The molecule has 0 saturated heterocycles. The molecular formula is C14H21NO2. The molecule has 3 heteroatoms. The van der Waals surface area contributed by atoms with Crippen molar-refractivity contribution in [3.05, 3.63) is 29.3 Å². The van der Waals surface area contributed by atoms with Crippen LogP contribution in [0.2, 0.25) is 0 Å². The van der Waals surface area contributed by atoms with Crippen LogP contribution in [0.15, 0.2) is 23.4 Å². The van der Waals surface area contributed by atoms with E-state index < -0.39 is 0 Å². The van der Waals surface area contributed by atoms with Gasteiger partial charge in [0.1, 0.15) is 5.75 Å². The molecule has 17 heavy (non-hydrogen) atoms. The van der Waals surface area contributed by atoms with Crippen LogP contribution in [0.5, 0.6) is 5.75 Å². The van der Waals surface area contributed by atoms with E-state index in [9.17, 15) is 5.11 Å². The highest BCUT2D eigenvalue weighted by Crippen LogP contribution is 2.21. The maximum absolute atomic E-state index is 9.75. The van der Waals surface area contributed by atoms with Crippen molar-refractivity contribution in [3.63, 3.8) is 0 Å². The van der Waals surface area contributed by atoms with Crippen LogP contribution in [0, 0.1) is 6.92 Å². The van der Waals surface area contributed by atoms with E-state index in [4.69, 9.17) is 5.21 Å². The molecule has 0 aliphatic heterocycles. The van der Waals surface area contributed by atoms with Crippen molar-refractivity contribution in [1.29, 1.82) is 0 Å². The third kappa shape index (κ3) is 4.10. The van der Waals surface area contributed by atoms with Gasteiger partial charge in [0.15, 0.2) is 0 Å². The summed E-state index contributed by atoms with van der Waals surface area (Å²) in [5.74, 6) is 0.180. The number of aromatic hydroxyl groups is 1. The minimum absolute atomic E-state index is 0.180. The predicted octanol–water partition coefficient (Wildman–Crippen LogP) is 3.85. The molecule has 1 aromatic rings. The number of nitrogens with zero attached hydrogens (tertiary/aromatic N) is 1. The van der Waals surface area contributed by atoms with Crippen molar-refractivity contribution in [2.24, 2.45) is 5.16 Å². The highest BCUT2D eigenvalue weighted by Gasteiger charge is 2.09. The summed E-state index contributed by atoms with van der Waals surface area (Å²) in [5, 5.41) is 22.1. The molecule has 0 aliphatic carbocycles. The van der Waals surface area contributed by atoms with Gasteiger partial charge >= 0.3 is 0 Å². The summed E-state index contributed by atoms with van der Waals surface area (Å²) in [6.45, 7) is 4.11. The first kappa shape index (κ1) is 13.6. The number of unbranched alkanes of at least 4 members (excludes halogenated alkanes) is 3. The molecule has 0 fully saturated rings. The highest BCUT2D eigenvalue weighted by atomic mass is 16.4. The Labute approximate surface area is 103 Å². The largest absolute Gasteiger partial charge is 0.507 e. The molecule has 0 heterocycles. The van der Waals surface area contributed by atoms with Gasteiger partial charge in [0.2, 0.25) is 0 Å². The second kappa shape index (κ2) is 6.94. The van der Waals surface area contributed by atoms with Crippen LogP contribution in [0.25, 0.3) is 0 Å². The van der Waals surface area contributed by atoms with Crippen LogP contribution in [-0.2, 0) is 0 Å². The van der Waals surface area contributed by atoms with Crippen LogP contribution in [0.4, 0.5) is 0 Å². The average Bonchev–Trinajstić information content (AvgIpc) is 2.33. The van der Waals surface area contributed by atoms with Gasteiger partial charge in [0.05, 0.1) is 5.71 Å². The molecule has 0 spiro atoms. The summed E-state index contributed by atoms with van der Waals surface area (Å²) < 4.78 is 0. The number of oxime groups is 1. The smallest absolute Gasteiger partial charge is 0.124 e. The fraction of sp³-hybridized carbons (Fsp3) is 0.500. The first-order valence-corrected chi connectivity index (χ1v) is 6.20. The lowest BCUT2D eigenvalue weighted by atomic mass is 10.0. The fourth-order valence-electron chi connectivity index (χ4n) is 1.84. The minimum atomic E-state index is 0.180. The Morgan fingerprint density at radius 1 is 1.24 bits per heavy atom. The molecule has 0 atom stereocenters. The maximum atomic E-state index is 9.75. The van der Waals surface area contributed by atoms with E-state index in [1.807, 2.05) is 19.1 Å². The number of phenols is 1. The standard InChI is InChI=1S/C14H21NO2/c1-3-4-5-6-7-13(15-17)12-10-11(2)8-9-14(12)16/h8-10,16-17H,3-7H2,1-2H3/b15-13-. The Balaban J connectivity index is 2.70. The van der Waals surface area contributed by atoms with Gasteiger partial charge in [0.25, 0.3) is 0 Å². The van der Waals surface area contributed by atoms with Gasteiger partial charge in [-0.1, -0.05) is 43.0 Å². The lowest BCUT2D eigenvalue weighted by molar-refractivity contribution is 0.317. The first-order chi connectivity index (χ1) is 8.19. The Bertz CT molecular complexity index is 386. The minimum Gasteiger partial charge on any atom is -0.507 e. The molecule has 2 N–H and O–H groups in total. The lowest BCUT2D eigenvalue weighted by Gasteiger charge is -2.07. The zero-order valence-corrected chi connectivity index (χ0v) is 10.6. The Morgan fingerprint density at radius 2 is 2.00 bits per heavy atom. The SMILES string of the molecule is CCCCCC/C(=N/O)c1cc(C)ccc1O. The Hall–Kier alpha value is -1.51. The molecule has 0 radical (unpaired) electrons. The first-order valence-electron chi connectivity index (χ1n) is 6.20. The van der Waals surface area contributed by atoms with Crippen LogP contribution < -0.4 is 0 Å². The third-order valence-corrected chi connectivity index (χ3v) is 2.85. The predicted molar refractivity (Wildman–Crippen MR) is 69.9 cm³/mol. The number of hydrogen-bond acceptors (Lipinski definition) is 3. The van der Waals surface area contributed by atoms with E-state index in [2.05, 4.69) is 12.1 Å². The van der Waals surface area contributed by atoms with Crippen molar-refractivity contribution >= 4 is 5.71 Å². The van der Waals surface area contributed by atoms with E-state index in [0.717, 1.165) is 18.4 Å². The summed E-state index contributed by atoms with van der Waals surface area (Å²) in [6, 6.07) is 5.33. The molecular weight excluding hydrogens is 214 g/mol. The van der Waals surface area contributed by atoms with Gasteiger partial charge in [-0.2, -0.15) is 0 Å². The van der Waals surface area contributed by atoms with Gasteiger partial charge in [-0.25, -0.2) is 0 Å². The molecule has 94 valence electrons. The quantitative estimate of drug-likeness (QED) is 0.340. The van der Waals surface area contributed by atoms with Crippen LogP contribution in [0.3, 0.4) is 0 Å². The monoisotopic (exact) mass is 235 g/mol.